The zero-order valence-electron chi connectivity index (χ0n) is 14.8. The van der Waals surface area contributed by atoms with Gasteiger partial charge in [-0.3, -0.25) is 4.68 Å². The van der Waals surface area contributed by atoms with Gasteiger partial charge in [-0.1, -0.05) is 38.1 Å². The first-order chi connectivity index (χ1) is 12.0. The number of halogens is 1. The summed E-state index contributed by atoms with van der Waals surface area (Å²) in [7, 11) is 0. The van der Waals surface area contributed by atoms with Crippen LogP contribution in [0.15, 0.2) is 33.2 Å². The fraction of sp³-hybridized carbons (Fsp3) is 0.316. The van der Waals surface area contributed by atoms with Crippen LogP contribution in [0.3, 0.4) is 0 Å². The number of rotatable bonds is 5. The molecule has 1 aromatic carbocycles. The standard InChI is InChI=1S/C19H21BrN4O/c1-12(2)16-8-6-5-7-15(16)9-10-17-21-22-18(25-17)11-24-14(4)19(20)13(3)23-24/h5-10,12H,11H2,1-4H3/b10-9+. The maximum absolute atomic E-state index is 5.73. The summed E-state index contributed by atoms with van der Waals surface area (Å²) in [5, 5.41) is 12.7. The lowest BCUT2D eigenvalue weighted by atomic mass is 9.97. The molecule has 2 aromatic heterocycles. The molecule has 25 heavy (non-hydrogen) atoms. The highest BCUT2D eigenvalue weighted by Gasteiger charge is 2.12. The van der Waals surface area contributed by atoms with E-state index >= 15 is 0 Å². The molecule has 6 heteroatoms. The van der Waals surface area contributed by atoms with Gasteiger partial charge in [-0.25, -0.2) is 0 Å². The summed E-state index contributed by atoms with van der Waals surface area (Å²) < 4.78 is 8.60. The Kier molecular flexibility index (Phi) is 5.18. The average molecular weight is 401 g/mol. The lowest BCUT2D eigenvalue weighted by Gasteiger charge is -2.08. The lowest BCUT2D eigenvalue weighted by molar-refractivity contribution is 0.454. The van der Waals surface area contributed by atoms with Gasteiger partial charge >= 0.3 is 0 Å². The molecular weight excluding hydrogens is 380 g/mol. The number of hydrogen-bond acceptors (Lipinski definition) is 4. The van der Waals surface area contributed by atoms with Crippen LogP contribution in [0.5, 0.6) is 0 Å². The van der Waals surface area contributed by atoms with E-state index in [0.717, 1.165) is 15.9 Å². The molecule has 0 fully saturated rings. The van der Waals surface area contributed by atoms with Crippen LogP contribution in [-0.4, -0.2) is 20.0 Å². The van der Waals surface area contributed by atoms with Gasteiger partial charge < -0.3 is 4.42 Å². The Bertz CT molecular complexity index is 908. The van der Waals surface area contributed by atoms with Gasteiger partial charge in [0.05, 0.1) is 15.9 Å². The second kappa shape index (κ2) is 7.35. The van der Waals surface area contributed by atoms with Crippen molar-refractivity contribution in [2.75, 3.05) is 0 Å². The Balaban J connectivity index is 1.77. The van der Waals surface area contributed by atoms with E-state index in [-0.39, 0.29) is 0 Å². The predicted octanol–water partition coefficient (Wildman–Crippen LogP) is 4.99. The highest BCUT2D eigenvalue weighted by molar-refractivity contribution is 9.10. The molecule has 3 rings (SSSR count). The Hall–Kier alpha value is -2.21. The van der Waals surface area contributed by atoms with Gasteiger partial charge in [0.15, 0.2) is 0 Å². The minimum Gasteiger partial charge on any atom is -0.419 e. The van der Waals surface area contributed by atoms with E-state index in [2.05, 4.69) is 63.3 Å². The van der Waals surface area contributed by atoms with Crippen LogP contribution in [-0.2, 0) is 6.54 Å². The quantitative estimate of drug-likeness (QED) is 0.605. The van der Waals surface area contributed by atoms with Crippen molar-refractivity contribution in [2.45, 2.75) is 40.2 Å². The van der Waals surface area contributed by atoms with Gasteiger partial charge in [-0.2, -0.15) is 5.10 Å². The molecule has 0 bridgehead atoms. The summed E-state index contributed by atoms with van der Waals surface area (Å²) in [4.78, 5) is 0. The molecule has 2 heterocycles. The molecule has 5 nitrogen and oxygen atoms in total. The lowest BCUT2D eigenvalue weighted by Crippen LogP contribution is -2.04. The second-order valence-electron chi connectivity index (χ2n) is 6.29. The molecule has 130 valence electrons. The van der Waals surface area contributed by atoms with Crippen molar-refractivity contribution < 1.29 is 4.42 Å². The van der Waals surface area contributed by atoms with Gasteiger partial charge in [0.25, 0.3) is 0 Å². The molecule has 0 atom stereocenters. The first-order valence-corrected chi connectivity index (χ1v) is 9.04. The van der Waals surface area contributed by atoms with Crippen molar-refractivity contribution in [1.82, 2.24) is 20.0 Å². The minimum absolute atomic E-state index is 0.460. The third kappa shape index (κ3) is 3.90. The van der Waals surface area contributed by atoms with Crippen molar-refractivity contribution in [3.05, 3.63) is 63.0 Å². The highest BCUT2D eigenvalue weighted by atomic mass is 79.9. The average Bonchev–Trinajstić information content (AvgIpc) is 3.14. The van der Waals surface area contributed by atoms with Crippen molar-refractivity contribution in [3.8, 4) is 0 Å². The van der Waals surface area contributed by atoms with Crippen molar-refractivity contribution in [3.63, 3.8) is 0 Å². The van der Waals surface area contributed by atoms with E-state index in [9.17, 15) is 0 Å². The monoisotopic (exact) mass is 400 g/mol. The number of nitrogens with zero attached hydrogens (tertiary/aromatic N) is 4. The van der Waals surface area contributed by atoms with Gasteiger partial charge in [0, 0.05) is 6.08 Å². The molecule has 3 aromatic rings. The van der Waals surface area contributed by atoms with Crippen LogP contribution >= 0.6 is 15.9 Å². The molecular formula is C19H21BrN4O. The maximum Gasteiger partial charge on any atom is 0.240 e. The number of aryl methyl sites for hydroxylation is 1. The molecule has 0 amide bonds. The summed E-state index contributed by atoms with van der Waals surface area (Å²) in [5.74, 6) is 1.49. The third-order valence-corrected chi connectivity index (χ3v) is 5.23. The normalized spacial score (nSPS) is 11.8. The fourth-order valence-corrected chi connectivity index (χ4v) is 2.99. The van der Waals surface area contributed by atoms with Gasteiger partial charge in [0.2, 0.25) is 11.8 Å². The van der Waals surface area contributed by atoms with Crippen molar-refractivity contribution in [1.29, 1.82) is 0 Å². The Morgan fingerprint density at radius 3 is 2.60 bits per heavy atom. The zero-order valence-corrected chi connectivity index (χ0v) is 16.4. The van der Waals surface area contributed by atoms with Crippen LogP contribution in [0.2, 0.25) is 0 Å². The Labute approximate surface area is 155 Å². The first-order valence-electron chi connectivity index (χ1n) is 8.24. The Morgan fingerprint density at radius 2 is 1.92 bits per heavy atom. The summed E-state index contributed by atoms with van der Waals surface area (Å²) >= 11 is 3.53. The third-order valence-electron chi connectivity index (χ3n) is 4.08. The van der Waals surface area contributed by atoms with Gasteiger partial charge in [0.1, 0.15) is 6.54 Å². The summed E-state index contributed by atoms with van der Waals surface area (Å²) in [6.07, 6.45) is 3.88. The largest absolute Gasteiger partial charge is 0.419 e. The summed E-state index contributed by atoms with van der Waals surface area (Å²) in [5.41, 5.74) is 4.45. The fourth-order valence-electron chi connectivity index (χ4n) is 2.70. The van der Waals surface area contributed by atoms with E-state index in [4.69, 9.17) is 4.42 Å². The van der Waals surface area contributed by atoms with Crippen LogP contribution in [0, 0.1) is 13.8 Å². The topological polar surface area (TPSA) is 56.7 Å². The molecule has 0 radical (unpaired) electrons. The van der Waals surface area contributed by atoms with Crippen LogP contribution in [0.25, 0.3) is 12.2 Å². The molecule has 0 spiro atoms. The van der Waals surface area contributed by atoms with E-state index in [1.54, 1.807) is 0 Å². The maximum atomic E-state index is 5.73. The molecule has 0 aliphatic heterocycles. The van der Waals surface area contributed by atoms with E-state index in [1.807, 2.05) is 36.7 Å². The van der Waals surface area contributed by atoms with E-state index < -0.39 is 0 Å². The SMILES string of the molecule is Cc1nn(Cc2nnc(/C=C/c3ccccc3C(C)C)o2)c(C)c1Br. The molecule has 0 saturated carbocycles. The van der Waals surface area contributed by atoms with Crippen LogP contribution in [0.4, 0.5) is 0 Å². The number of aromatic nitrogens is 4. The molecule has 0 aliphatic rings. The predicted molar refractivity (Wildman–Crippen MR) is 102 cm³/mol. The second-order valence-corrected chi connectivity index (χ2v) is 7.09. The molecule has 0 N–H and O–H groups in total. The number of hydrogen-bond donors (Lipinski definition) is 0. The van der Waals surface area contributed by atoms with Crippen LogP contribution in [0.1, 0.15) is 54.1 Å². The van der Waals surface area contributed by atoms with Crippen molar-refractivity contribution in [2.24, 2.45) is 0 Å². The Morgan fingerprint density at radius 1 is 1.16 bits per heavy atom. The van der Waals surface area contributed by atoms with Gasteiger partial charge in [-0.15, -0.1) is 10.2 Å². The van der Waals surface area contributed by atoms with Crippen molar-refractivity contribution >= 4 is 28.1 Å². The van der Waals surface area contributed by atoms with E-state index in [1.165, 1.54) is 11.1 Å². The zero-order chi connectivity index (χ0) is 18.0. The smallest absolute Gasteiger partial charge is 0.240 e. The van der Waals surface area contributed by atoms with E-state index in [0.29, 0.717) is 24.2 Å². The molecule has 0 unspecified atom stereocenters. The van der Waals surface area contributed by atoms with Gasteiger partial charge in [-0.05, 0) is 52.9 Å². The first kappa shape index (κ1) is 17.6. The minimum atomic E-state index is 0.460. The van der Waals surface area contributed by atoms with Crippen LogP contribution < -0.4 is 0 Å². The molecule has 0 aliphatic carbocycles. The summed E-state index contributed by atoms with van der Waals surface area (Å²) in [6, 6.07) is 8.33. The highest BCUT2D eigenvalue weighted by Crippen LogP contribution is 2.22. The summed E-state index contributed by atoms with van der Waals surface area (Å²) in [6.45, 7) is 8.79. The number of benzene rings is 1. The molecule has 0 saturated heterocycles.